The third-order valence-corrected chi connectivity index (χ3v) is 7.41. The number of fused-ring (bicyclic) bond motifs is 3. The number of carbonyl (C=O) groups is 1. The maximum atomic E-state index is 13.4. The summed E-state index contributed by atoms with van der Waals surface area (Å²) in [7, 11) is 0. The van der Waals surface area contributed by atoms with Crippen molar-refractivity contribution in [2.45, 2.75) is 31.5 Å². The first-order valence-electron chi connectivity index (χ1n) is 10.7. The van der Waals surface area contributed by atoms with Crippen LogP contribution in [0.4, 0.5) is 5.69 Å². The van der Waals surface area contributed by atoms with Crippen molar-refractivity contribution in [3.05, 3.63) is 106 Å². The molecule has 2 aliphatic heterocycles. The van der Waals surface area contributed by atoms with Gasteiger partial charge >= 0.3 is 0 Å². The maximum Gasteiger partial charge on any atom is 0.244 e. The van der Waals surface area contributed by atoms with Gasteiger partial charge in [0.15, 0.2) is 0 Å². The van der Waals surface area contributed by atoms with E-state index in [0.717, 1.165) is 16.8 Å². The number of nitrogens with zero attached hydrogens (tertiary/aromatic N) is 2. The second-order valence-electron chi connectivity index (χ2n) is 8.92. The first kappa shape index (κ1) is 21.1. The van der Waals surface area contributed by atoms with Crippen molar-refractivity contribution in [3.8, 4) is 0 Å². The van der Waals surface area contributed by atoms with Gasteiger partial charge in [-0.2, -0.15) is 0 Å². The molecule has 32 heavy (non-hydrogen) atoms. The van der Waals surface area contributed by atoms with E-state index in [4.69, 9.17) is 23.2 Å². The van der Waals surface area contributed by atoms with E-state index in [0.29, 0.717) is 23.1 Å². The summed E-state index contributed by atoms with van der Waals surface area (Å²) in [6, 6.07) is 24.0. The van der Waals surface area contributed by atoms with Gasteiger partial charge in [0.05, 0.1) is 6.54 Å². The number of hydrogen-bond donors (Lipinski definition) is 0. The number of para-hydroxylation sites is 1. The van der Waals surface area contributed by atoms with Crippen LogP contribution in [0.3, 0.4) is 0 Å². The highest BCUT2D eigenvalue weighted by atomic mass is 35.5. The Kier molecular flexibility index (Phi) is 5.07. The van der Waals surface area contributed by atoms with E-state index < -0.39 is 5.66 Å². The zero-order valence-corrected chi connectivity index (χ0v) is 19.6. The van der Waals surface area contributed by atoms with Crippen LogP contribution in [0.5, 0.6) is 0 Å². The normalized spacial score (nSPS) is 21.3. The topological polar surface area (TPSA) is 23.6 Å². The van der Waals surface area contributed by atoms with Crippen molar-refractivity contribution in [1.29, 1.82) is 0 Å². The monoisotopic (exact) mass is 462 g/mol. The van der Waals surface area contributed by atoms with Gasteiger partial charge in [0.25, 0.3) is 0 Å². The summed E-state index contributed by atoms with van der Waals surface area (Å²) in [4.78, 5) is 17.7. The summed E-state index contributed by atoms with van der Waals surface area (Å²) in [5.41, 5.74) is 3.31. The summed E-state index contributed by atoms with van der Waals surface area (Å²) in [6.07, 6.45) is 4.17. The summed E-state index contributed by atoms with van der Waals surface area (Å²) in [6.45, 7) is 5.31. The van der Waals surface area contributed by atoms with Crippen molar-refractivity contribution >= 4 is 40.9 Å². The molecule has 0 spiro atoms. The number of anilines is 1. The van der Waals surface area contributed by atoms with Gasteiger partial charge in [-0.3, -0.25) is 4.79 Å². The lowest BCUT2D eigenvalue weighted by molar-refractivity contribution is -0.131. The Balaban J connectivity index is 1.68. The van der Waals surface area contributed by atoms with Crippen LogP contribution in [-0.4, -0.2) is 23.0 Å². The van der Waals surface area contributed by atoms with Gasteiger partial charge in [-0.25, -0.2) is 0 Å². The predicted octanol–water partition coefficient (Wildman–Crippen LogP) is 6.54. The summed E-state index contributed by atoms with van der Waals surface area (Å²) < 4.78 is 0. The minimum Gasteiger partial charge on any atom is -0.335 e. The lowest BCUT2D eigenvalue weighted by Crippen LogP contribution is -2.60. The molecule has 2 heterocycles. The summed E-state index contributed by atoms with van der Waals surface area (Å²) in [5, 5.41) is 1.19. The van der Waals surface area contributed by atoms with E-state index in [1.807, 2.05) is 47.4 Å². The zero-order chi connectivity index (χ0) is 22.5. The molecule has 0 bridgehead atoms. The van der Waals surface area contributed by atoms with E-state index >= 15 is 0 Å². The van der Waals surface area contributed by atoms with Crippen molar-refractivity contribution < 1.29 is 4.79 Å². The Hall–Kier alpha value is -2.75. The van der Waals surface area contributed by atoms with Crippen LogP contribution in [0.15, 0.2) is 78.9 Å². The Morgan fingerprint density at radius 1 is 0.969 bits per heavy atom. The number of rotatable bonds is 4. The van der Waals surface area contributed by atoms with E-state index in [1.165, 1.54) is 5.56 Å². The van der Waals surface area contributed by atoms with Crippen LogP contribution in [0.2, 0.25) is 10.0 Å². The fourth-order valence-electron chi connectivity index (χ4n) is 5.26. The number of amides is 1. The first-order chi connectivity index (χ1) is 15.3. The molecule has 1 saturated heterocycles. The third-order valence-electron chi connectivity index (χ3n) is 6.85. The molecule has 5 rings (SSSR count). The second kappa shape index (κ2) is 7.68. The Labute approximate surface area is 198 Å². The molecule has 162 valence electrons. The molecule has 3 aromatic rings. The van der Waals surface area contributed by atoms with E-state index in [1.54, 1.807) is 6.07 Å². The molecular weight excluding hydrogens is 439 g/mol. The van der Waals surface area contributed by atoms with Crippen LogP contribution in [0, 0.1) is 0 Å². The summed E-state index contributed by atoms with van der Waals surface area (Å²) >= 11 is 12.6. The van der Waals surface area contributed by atoms with Crippen LogP contribution in [-0.2, 0) is 16.8 Å². The highest BCUT2D eigenvalue weighted by Crippen LogP contribution is 2.56. The van der Waals surface area contributed by atoms with Gasteiger partial charge in [0.1, 0.15) is 5.66 Å². The lowest BCUT2D eigenvalue weighted by Gasteiger charge is -2.46. The average Bonchev–Trinajstić information content (AvgIpc) is 3.16. The minimum atomic E-state index is -0.660. The molecule has 3 nitrogen and oxygen atoms in total. The lowest BCUT2D eigenvalue weighted by atomic mass is 9.74. The van der Waals surface area contributed by atoms with Gasteiger partial charge in [-0.05, 0) is 41.0 Å². The second-order valence-corrected chi connectivity index (χ2v) is 9.76. The standard InChI is InChI=1S/C27H24Cl2N2O/c1-26(2)22-10-6-7-11-24(22)30-18-25(32)31(17-19-8-4-3-5-9-19)27(26,30)15-14-20-12-13-21(28)16-23(20)29/h3-16H,17-18H2,1-2H3/b15-14+/t27-/m1/s1. The molecule has 3 aromatic carbocycles. The molecule has 1 amide bonds. The number of benzene rings is 3. The predicted molar refractivity (Wildman–Crippen MR) is 132 cm³/mol. The molecular formula is C27H24Cl2N2O. The van der Waals surface area contributed by atoms with Gasteiger partial charge in [-0.1, -0.05) is 97.7 Å². The molecule has 0 unspecified atom stereocenters. The molecule has 2 aliphatic rings. The van der Waals surface area contributed by atoms with Crippen LogP contribution in [0.25, 0.3) is 6.08 Å². The van der Waals surface area contributed by atoms with Crippen LogP contribution in [0.1, 0.15) is 30.5 Å². The molecule has 1 fully saturated rings. The number of hydrogen-bond acceptors (Lipinski definition) is 2. The van der Waals surface area contributed by atoms with E-state index in [2.05, 4.69) is 55.2 Å². The smallest absolute Gasteiger partial charge is 0.244 e. The fraction of sp³-hybridized carbons (Fsp3) is 0.222. The molecule has 0 N–H and O–H groups in total. The SMILES string of the molecule is CC1(C)c2ccccc2N2CC(=O)N(Cc3ccccc3)[C@@]21/C=C/c1ccc(Cl)cc1Cl. The first-order valence-corrected chi connectivity index (χ1v) is 11.5. The number of carbonyl (C=O) groups excluding carboxylic acids is 1. The minimum absolute atomic E-state index is 0.114. The van der Waals surface area contributed by atoms with Crippen LogP contribution < -0.4 is 4.90 Å². The Morgan fingerprint density at radius 3 is 2.44 bits per heavy atom. The average molecular weight is 463 g/mol. The molecule has 0 saturated carbocycles. The fourth-order valence-corrected chi connectivity index (χ4v) is 5.73. The van der Waals surface area contributed by atoms with Crippen molar-refractivity contribution in [2.24, 2.45) is 0 Å². The highest BCUT2D eigenvalue weighted by molar-refractivity contribution is 6.35. The van der Waals surface area contributed by atoms with E-state index in [-0.39, 0.29) is 11.3 Å². The van der Waals surface area contributed by atoms with Gasteiger partial charge in [-0.15, -0.1) is 0 Å². The third kappa shape index (κ3) is 3.07. The molecule has 0 aromatic heterocycles. The molecule has 5 heteroatoms. The molecule has 0 radical (unpaired) electrons. The quantitative estimate of drug-likeness (QED) is 0.439. The van der Waals surface area contributed by atoms with Gasteiger partial charge < -0.3 is 9.80 Å². The van der Waals surface area contributed by atoms with Gasteiger partial charge in [0.2, 0.25) is 5.91 Å². The Bertz CT molecular complexity index is 1220. The van der Waals surface area contributed by atoms with E-state index in [9.17, 15) is 4.79 Å². The van der Waals surface area contributed by atoms with Gasteiger partial charge in [0, 0.05) is 27.7 Å². The highest BCUT2D eigenvalue weighted by Gasteiger charge is 2.63. The van der Waals surface area contributed by atoms with Crippen molar-refractivity contribution in [3.63, 3.8) is 0 Å². The van der Waals surface area contributed by atoms with Crippen LogP contribution >= 0.6 is 23.2 Å². The number of halogens is 2. The molecule has 1 atom stereocenters. The summed E-state index contributed by atoms with van der Waals surface area (Å²) in [5.74, 6) is 0.114. The maximum absolute atomic E-state index is 13.4. The molecule has 0 aliphatic carbocycles. The Morgan fingerprint density at radius 2 is 1.69 bits per heavy atom. The van der Waals surface area contributed by atoms with Crippen molar-refractivity contribution in [1.82, 2.24) is 4.90 Å². The largest absolute Gasteiger partial charge is 0.335 e. The zero-order valence-electron chi connectivity index (χ0n) is 18.1. The van der Waals surface area contributed by atoms with Crippen molar-refractivity contribution in [2.75, 3.05) is 11.4 Å².